The average Bonchev–Trinajstić information content (AvgIpc) is 2.97. The van der Waals surface area contributed by atoms with Crippen LogP contribution in [-0.4, -0.2) is 27.2 Å². The number of hydrogen-bond donors (Lipinski definition) is 2. The number of benzene rings is 1. The smallest absolute Gasteiger partial charge is 0.220 e. The van der Waals surface area contributed by atoms with Gasteiger partial charge in [-0.1, -0.05) is 24.3 Å². The SMILES string of the molecule is CNS(=O)(=O)Cc1ccc(CNC(=O)CCC(=O)c2cc(C)sc2C)cc1. The number of Topliss-reactive ketones (excluding diaryl/α,β-unsaturated/α-hetero) is 1. The highest BCUT2D eigenvalue weighted by Crippen LogP contribution is 2.22. The van der Waals surface area contributed by atoms with Gasteiger partial charge in [0.2, 0.25) is 15.9 Å². The fourth-order valence-electron chi connectivity index (χ4n) is 2.60. The third kappa shape index (κ3) is 6.57. The zero-order valence-corrected chi connectivity index (χ0v) is 17.3. The van der Waals surface area contributed by atoms with E-state index in [9.17, 15) is 18.0 Å². The minimum Gasteiger partial charge on any atom is -0.352 e. The highest BCUT2D eigenvalue weighted by Gasteiger charge is 2.14. The molecule has 0 bridgehead atoms. The minimum absolute atomic E-state index is 0.0119. The molecular weight excluding hydrogens is 384 g/mol. The van der Waals surface area contributed by atoms with Crippen LogP contribution < -0.4 is 10.0 Å². The Kier molecular flexibility index (Phi) is 7.29. The standard InChI is InChI=1S/C19H24N2O4S2/c1-13-10-17(14(2)26-13)18(22)8-9-19(23)21-11-15-4-6-16(7-5-15)12-27(24,25)20-3/h4-7,10,20H,8-9,11-12H2,1-3H3,(H,21,23). The van der Waals surface area contributed by atoms with E-state index in [1.807, 2.05) is 19.9 Å². The summed E-state index contributed by atoms with van der Waals surface area (Å²) < 4.78 is 25.3. The molecule has 0 aliphatic rings. The normalized spacial score (nSPS) is 11.4. The Labute approximate surface area is 164 Å². The van der Waals surface area contributed by atoms with Crippen molar-refractivity contribution in [3.8, 4) is 0 Å². The number of rotatable bonds is 9. The summed E-state index contributed by atoms with van der Waals surface area (Å²) in [4.78, 5) is 26.3. The van der Waals surface area contributed by atoms with Crippen molar-refractivity contribution in [2.75, 3.05) is 7.05 Å². The van der Waals surface area contributed by atoms with Gasteiger partial charge in [0.25, 0.3) is 0 Å². The van der Waals surface area contributed by atoms with E-state index in [4.69, 9.17) is 0 Å². The second-order valence-electron chi connectivity index (χ2n) is 6.31. The van der Waals surface area contributed by atoms with E-state index < -0.39 is 10.0 Å². The zero-order valence-electron chi connectivity index (χ0n) is 15.7. The monoisotopic (exact) mass is 408 g/mol. The topological polar surface area (TPSA) is 92.3 Å². The predicted molar refractivity (Wildman–Crippen MR) is 107 cm³/mol. The van der Waals surface area contributed by atoms with Crippen LogP contribution in [-0.2, 0) is 27.1 Å². The molecule has 0 atom stereocenters. The number of aryl methyl sites for hydroxylation is 2. The summed E-state index contributed by atoms with van der Waals surface area (Å²) in [7, 11) is -1.92. The lowest BCUT2D eigenvalue weighted by atomic mass is 10.1. The quantitative estimate of drug-likeness (QED) is 0.624. The molecule has 1 amide bonds. The molecule has 27 heavy (non-hydrogen) atoms. The minimum atomic E-state index is -3.30. The summed E-state index contributed by atoms with van der Waals surface area (Å²) in [6, 6.07) is 8.88. The van der Waals surface area contributed by atoms with Crippen LogP contribution in [0.25, 0.3) is 0 Å². The summed E-state index contributed by atoms with van der Waals surface area (Å²) >= 11 is 1.58. The molecule has 1 heterocycles. The predicted octanol–water partition coefficient (Wildman–Crippen LogP) is 2.69. The molecule has 0 spiro atoms. The lowest BCUT2D eigenvalue weighted by Gasteiger charge is -2.07. The number of nitrogens with one attached hydrogen (secondary N) is 2. The van der Waals surface area contributed by atoms with Crippen LogP contribution >= 0.6 is 11.3 Å². The van der Waals surface area contributed by atoms with Crippen LogP contribution in [0.2, 0.25) is 0 Å². The molecule has 0 radical (unpaired) electrons. The van der Waals surface area contributed by atoms with Gasteiger partial charge in [-0.3, -0.25) is 9.59 Å². The summed E-state index contributed by atoms with van der Waals surface area (Å²) in [6.07, 6.45) is 0.329. The van der Waals surface area contributed by atoms with E-state index in [1.165, 1.54) is 7.05 Å². The molecular formula is C19H24N2O4S2. The van der Waals surface area contributed by atoms with Crippen molar-refractivity contribution in [2.24, 2.45) is 0 Å². The molecule has 6 nitrogen and oxygen atoms in total. The Bertz CT molecular complexity index is 916. The highest BCUT2D eigenvalue weighted by atomic mass is 32.2. The van der Waals surface area contributed by atoms with Crippen molar-refractivity contribution in [2.45, 2.75) is 39.0 Å². The molecule has 1 aromatic carbocycles. The van der Waals surface area contributed by atoms with Gasteiger partial charge in [0, 0.05) is 34.7 Å². The van der Waals surface area contributed by atoms with Crippen molar-refractivity contribution >= 4 is 33.1 Å². The van der Waals surface area contributed by atoms with Crippen LogP contribution in [0.5, 0.6) is 0 Å². The lowest BCUT2D eigenvalue weighted by Crippen LogP contribution is -2.23. The van der Waals surface area contributed by atoms with Crippen molar-refractivity contribution in [1.29, 1.82) is 0 Å². The lowest BCUT2D eigenvalue weighted by molar-refractivity contribution is -0.121. The molecule has 8 heteroatoms. The molecule has 0 saturated heterocycles. The zero-order chi connectivity index (χ0) is 20.0. The van der Waals surface area contributed by atoms with Gasteiger partial charge in [-0.15, -0.1) is 11.3 Å². The van der Waals surface area contributed by atoms with Crippen molar-refractivity contribution in [3.63, 3.8) is 0 Å². The van der Waals surface area contributed by atoms with Crippen LogP contribution in [0.4, 0.5) is 0 Å². The van der Waals surface area contributed by atoms with Crippen LogP contribution in [0.1, 0.15) is 44.1 Å². The van der Waals surface area contributed by atoms with E-state index in [2.05, 4.69) is 10.0 Å². The first-order valence-electron chi connectivity index (χ1n) is 8.56. The molecule has 2 rings (SSSR count). The Morgan fingerprint density at radius 1 is 1.04 bits per heavy atom. The first kappa shape index (κ1) is 21.3. The fourth-order valence-corrected chi connectivity index (χ4v) is 4.32. The highest BCUT2D eigenvalue weighted by molar-refractivity contribution is 7.88. The molecule has 0 aliphatic heterocycles. The number of thiophene rings is 1. The second kappa shape index (κ2) is 9.25. The molecule has 0 saturated carbocycles. The van der Waals surface area contributed by atoms with Gasteiger partial charge < -0.3 is 5.32 Å². The number of carbonyl (C=O) groups is 2. The maximum Gasteiger partial charge on any atom is 0.220 e. The summed E-state index contributed by atoms with van der Waals surface area (Å²) in [5.41, 5.74) is 2.24. The van der Waals surface area contributed by atoms with Gasteiger partial charge in [0.1, 0.15) is 0 Å². The Balaban J connectivity index is 1.80. The fraction of sp³-hybridized carbons (Fsp3) is 0.368. The van der Waals surface area contributed by atoms with E-state index in [1.54, 1.807) is 35.6 Å². The maximum absolute atomic E-state index is 12.2. The van der Waals surface area contributed by atoms with Crippen molar-refractivity contribution in [1.82, 2.24) is 10.0 Å². The number of carbonyl (C=O) groups excluding carboxylic acids is 2. The Hall–Kier alpha value is -2.03. The van der Waals surface area contributed by atoms with Crippen LogP contribution in [0, 0.1) is 13.8 Å². The molecule has 2 N–H and O–H groups in total. The molecule has 0 fully saturated rings. The van der Waals surface area contributed by atoms with Crippen LogP contribution in [0.3, 0.4) is 0 Å². The molecule has 2 aromatic rings. The number of sulfonamides is 1. The van der Waals surface area contributed by atoms with Gasteiger partial charge in [-0.05, 0) is 38.1 Å². The number of amides is 1. The summed E-state index contributed by atoms with van der Waals surface area (Å²) in [5, 5.41) is 2.79. The van der Waals surface area contributed by atoms with Gasteiger partial charge in [-0.25, -0.2) is 13.1 Å². The van der Waals surface area contributed by atoms with Crippen LogP contribution in [0.15, 0.2) is 30.3 Å². The van der Waals surface area contributed by atoms with Gasteiger partial charge in [0.05, 0.1) is 5.75 Å². The third-order valence-corrected chi connectivity index (χ3v) is 6.40. The van der Waals surface area contributed by atoms with Gasteiger partial charge in [-0.2, -0.15) is 0 Å². The average molecular weight is 409 g/mol. The van der Waals surface area contributed by atoms with E-state index in [0.29, 0.717) is 17.7 Å². The largest absolute Gasteiger partial charge is 0.352 e. The van der Waals surface area contributed by atoms with Gasteiger partial charge in [0.15, 0.2) is 5.78 Å². The van der Waals surface area contributed by atoms with Crippen molar-refractivity contribution in [3.05, 3.63) is 56.8 Å². The number of ketones is 1. The molecule has 1 aromatic heterocycles. The maximum atomic E-state index is 12.2. The summed E-state index contributed by atoms with van der Waals surface area (Å²) in [6.45, 7) is 4.21. The Morgan fingerprint density at radius 2 is 1.67 bits per heavy atom. The summed E-state index contributed by atoms with van der Waals surface area (Å²) in [5.74, 6) is -0.281. The van der Waals surface area contributed by atoms with Gasteiger partial charge >= 0.3 is 0 Å². The number of hydrogen-bond acceptors (Lipinski definition) is 5. The first-order valence-corrected chi connectivity index (χ1v) is 11.0. The van der Waals surface area contributed by atoms with E-state index >= 15 is 0 Å². The third-order valence-electron chi connectivity index (χ3n) is 4.10. The second-order valence-corrected chi connectivity index (χ2v) is 9.69. The van der Waals surface area contributed by atoms with E-state index in [0.717, 1.165) is 15.3 Å². The van der Waals surface area contributed by atoms with E-state index in [-0.39, 0.29) is 30.3 Å². The van der Waals surface area contributed by atoms with Crippen molar-refractivity contribution < 1.29 is 18.0 Å². The molecule has 146 valence electrons. The first-order chi connectivity index (χ1) is 12.7. The molecule has 0 aliphatic carbocycles. The molecule has 0 unspecified atom stereocenters. The Morgan fingerprint density at radius 3 is 2.22 bits per heavy atom.